The molecule has 0 aliphatic heterocycles. The molecule has 0 aromatic carbocycles. The molecule has 2 heterocycles. The Morgan fingerprint density at radius 2 is 2.05 bits per heavy atom. The highest BCUT2D eigenvalue weighted by Crippen LogP contribution is 2.25. The van der Waals surface area contributed by atoms with Crippen molar-refractivity contribution in [2.24, 2.45) is 0 Å². The van der Waals surface area contributed by atoms with Gasteiger partial charge in [-0.3, -0.25) is 4.21 Å². The molecule has 11 heteroatoms. The molecule has 2 rings (SSSR count). The van der Waals surface area contributed by atoms with E-state index in [4.69, 9.17) is 0 Å². The number of alkyl halides is 4. The molecule has 2 aromatic rings. The summed E-state index contributed by atoms with van der Waals surface area (Å²) < 4.78 is 62.0. The van der Waals surface area contributed by atoms with E-state index < -0.39 is 35.3 Å². The minimum atomic E-state index is -4.94. The molecule has 0 saturated heterocycles. The summed E-state index contributed by atoms with van der Waals surface area (Å²) in [7, 11) is -1.86. The van der Waals surface area contributed by atoms with Gasteiger partial charge in [-0.1, -0.05) is 0 Å². The molecule has 2 aromatic heterocycles. The third kappa shape index (κ3) is 4.03. The van der Waals surface area contributed by atoms with Crippen molar-refractivity contribution in [2.75, 3.05) is 5.75 Å². The Kier molecular flexibility index (Phi) is 4.60. The van der Waals surface area contributed by atoms with E-state index in [2.05, 4.69) is 20.1 Å². The first-order valence-corrected chi connectivity index (χ1v) is 6.96. The topological polar surface area (TPSA) is 73.6 Å². The molecule has 2 unspecified atom stereocenters. The van der Waals surface area contributed by atoms with Crippen molar-refractivity contribution in [1.29, 1.82) is 0 Å². The monoisotopic (exact) mass is 323 g/mol. The van der Waals surface area contributed by atoms with Gasteiger partial charge < -0.3 is 0 Å². The lowest BCUT2D eigenvalue weighted by molar-refractivity contribution is -0.180. The highest BCUT2D eigenvalue weighted by atomic mass is 32.2. The number of hydrogen-bond acceptors (Lipinski definition) is 5. The van der Waals surface area contributed by atoms with Gasteiger partial charge in [-0.2, -0.15) is 18.3 Å². The molecule has 0 bridgehead atoms. The van der Waals surface area contributed by atoms with Gasteiger partial charge >= 0.3 is 6.18 Å². The summed E-state index contributed by atoms with van der Waals surface area (Å²) in [4.78, 5) is 11.3. The fraction of sp³-hybridized carbons (Fsp3) is 0.400. The van der Waals surface area contributed by atoms with Gasteiger partial charge in [-0.25, -0.2) is 24.0 Å². The highest BCUT2D eigenvalue weighted by molar-refractivity contribution is 7.84. The predicted octanol–water partition coefficient (Wildman–Crippen LogP) is 1.46. The first kappa shape index (κ1) is 15.5. The fourth-order valence-electron chi connectivity index (χ4n) is 1.38. The van der Waals surface area contributed by atoms with Gasteiger partial charge in [-0.05, 0) is 6.42 Å². The van der Waals surface area contributed by atoms with Crippen LogP contribution in [0.1, 0.15) is 6.42 Å². The van der Waals surface area contributed by atoms with Gasteiger partial charge in [0.2, 0.25) is 0 Å². The maximum absolute atomic E-state index is 12.8. The van der Waals surface area contributed by atoms with Crippen LogP contribution in [-0.4, -0.2) is 47.0 Å². The molecule has 0 N–H and O–H groups in total. The van der Waals surface area contributed by atoms with E-state index >= 15 is 0 Å². The van der Waals surface area contributed by atoms with Crippen LogP contribution in [0.25, 0.3) is 5.82 Å². The van der Waals surface area contributed by atoms with Gasteiger partial charge in [0, 0.05) is 11.8 Å². The highest BCUT2D eigenvalue weighted by Gasteiger charge is 2.39. The van der Waals surface area contributed by atoms with Crippen molar-refractivity contribution < 1.29 is 21.8 Å². The van der Waals surface area contributed by atoms with E-state index in [1.807, 2.05) is 0 Å². The summed E-state index contributed by atoms with van der Waals surface area (Å²) in [6.45, 7) is 0. The third-order valence-electron chi connectivity index (χ3n) is 2.43. The van der Waals surface area contributed by atoms with Crippen LogP contribution in [0.15, 0.2) is 30.1 Å². The zero-order valence-electron chi connectivity index (χ0n) is 10.4. The first-order valence-electron chi connectivity index (χ1n) is 5.64. The van der Waals surface area contributed by atoms with Crippen LogP contribution >= 0.6 is 0 Å². The van der Waals surface area contributed by atoms with E-state index in [1.54, 1.807) is 0 Å². The van der Waals surface area contributed by atoms with Gasteiger partial charge in [-0.15, -0.1) is 0 Å². The zero-order valence-corrected chi connectivity index (χ0v) is 11.2. The zero-order chi connectivity index (χ0) is 15.5. The summed E-state index contributed by atoms with van der Waals surface area (Å²) in [6, 6.07) is 1.30. The Hall–Kier alpha value is -1.91. The van der Waals surface area contributed by atoms with Crippen molar-refractivity contribution in [3.8, 4) is 5.82 Å². The van der Waals surface area contributed by atoms with Crippen molar-refractivity contribution >= 4 is 10.8 Å². The molecule has 0 amide bonds. The molecule has 0 aliphatic carbocycles. The van der Waals surface area contributed by atoms with Gasteiger partial charge in [0.15, 0.2) is 12.0 Å². The van der Waals surface area contributed by atoms with Crippen molar-refractivity contribution in [3.63, 3.8) is 0 Å². The average Bonchev–Trinajstić information content (AvgIpc) is 2.97. The summed E-state index contributed by atoms with van der Waals surface area (Å²) in [5.41, 5.74) is 0. The Balaban J connectivity index is 2.05. The van der Waals surface area contributed by atoms with Crippen molar-refractivity contribution in [1.82, 2.24) is 24.7 Å². The van der Waals surface area contributed by atoms with Crippen LogP contribution in [0.3, 0.4) is 0 Å². The van der Waals surface area contributed by atoms with Crippen molar-refractivity contribution in [3.05, 3.63) is 25.0 Å². The number of nitrogens with zero attached hydrogens (tertiary/aromatic N) is 5. The first-order chi connectivity index (χ1) is 9.88. The second-order valence-electron chi connectivity index (χ2n) is 3.90. The van der Waals surface area contributed by atoms with E-state index in [0.29, 0.717) is 0 Å². The van der Waals surface area contributed by atoms with Crippen LogP contribution in [0.5, 0.6) is 0 Å². The molecule has 114 valence electrons. The molecular weight excluding hydrogens is 314 g/mol. The van der Waals surface area contributed by atoms with E-state index in [9.17, 15) is 21.8 Å². The average molecular weight is 323 g/mol. The number of aromatic nitrogens is 5. The molecular formula is C10H9F4N5OS. The fourth-order valence-corrected chi connectivity index (χ4v) is 2.42. The smallest absolute Gasteiger partial charge is 0.253 e. The molecule has 0 saturated carbocycles. The van der Waals surface area contributed by atoms with Crippen molar-refractivity contribution in [2.45, 2.75) is 23.8 Å². The second-order valence-corrected chi connectivity index (χ2v) is 5.42. The molecule has 0 fully saturated rings. The lowest BCUT2D eigenvalue weighted by Crippen LogP contribution is -2.26. The number of rotatable bonds is 5. The Bertz CT molecular complexity index is 618. The Labute approximate surface area is 118 Å². The lowest BCUT2D eigenvalue weighted by atomic mass is 10.3. The standard InChI is InChI=1S/C10H9F4N5OS/c11-7(10(12,13)14)1-2-21(20)9-3-8(16-5-17-9)19-6-15-4-18-19/h3-7H,1-2H2. The maximum atomic E-state index is 12.8. The quantitative estimate of drug-likeness (QED) is 0.615. The molecule has 21 heavy (non-hydrogen) atoms. The normalized spacial score (nSPS) is 14.9. The minimum absolute atomic E-state index is 0.00451. The lowest BCUT2D eigenvalue weighted by Gasteiger charge is -2.11. The predicted molar refractivity (Wildman–Crippen MR) is 63.8 cm³/mol. The van der Waals surface area contributed by atoms with Crippen LogP contribution in [0.4, 0.5) is 17.6 Å². The van der Waals surface area contributed by atoms with Crippen LogP contribution in [0.2, 0.25) is 0 Å². The summed E-state index contributed by atoms with van der Waals surface area (Å²) in [5.74, 6) is -0.229. The van der Waals surface area contributed by atoms with E-state index in [1.165, 1.54) is 23.4 Å². The van der Waals surface area contributed by atoms with Crippen LogP contribution in [0, 0.1) is 0 Å². The molecule has 2 atom stereocenters. The van der Waals surface area contributed by atoms with Crippen LogP contribution < -0.4 is 0 Å². The third-order valence-corrected chi connectivity index (χ3v) is 3.72. The molecule has 0 spiro atoms. The minimum Gasteiger partial charge on any atom is -0.253 e. The Morgan fingerprint density at radius 3 is 2.67 bits per heavy atom. The summed E-state index contributed by atoms with van der Waals surface area (Å²) in [6.07, 6.45) is -5.13. The summed E-state index contributed by atoms with van der Waals surface area (Å²) in [5, 5.41) is 3.81. The number of hydrogen-bond donors (Lipinski definition) is 0. The molecule has 0 radical (unpaired) electrons. The van der Waals surface area contributed by atoms with E-state index in [-0.39, 0.29) is 10.8 Å². The van der Waals surface area contributed by atoms with E-state index in [0.717, 1.165) is 6.33 Å². The van der Waals surface area contributed by atoms with Gasteiger partial charge in [0.1, 0.15) is 24.0 Å². The van der Waals surface area contributed by atoms with Gasteiger partial charge in [0.05, 0.1) is 10.8 Å². The summed E-state index contributed by atoms with van der Waals surface area (Å²) >= 11 is 0. The number of halogens is 4. The molecule has 6 nitrogen and oxygen atoms in total. The Morgan fingerprint density at radius 1 is 1.29 bits per heavy atom. The SMILES string of the molecule is O=S(CCC(F)C(F)(F)F)c1cc(-n2cncn2)ncn1. The second kappa shape index (κ2) is 6.24. The van der Waals surface area contributed by atoms with Crippen LogP contribution in [-0.2, 0) is 10.8 Å². The maximum Gasteiger partial charge on any atom is 0.419 e. The van der Waals surface area contributed by atoms with Gasteiger partial charge in [0.25, 0.3) is 0 Å². The molecule has 0 aliphatic rings. The largest absolute Gasteiger partial charge is 0.419 e.